The van der Waals surface area contributed by atoms with Gasteiger partial charge in [-0.15, -0.1) is 11.3 Å². The minimum Gasteiger partial charge on any atom is -0.354 e. The number of nitrogens with one attached hydrogen (secondary N) is 2. The lowest BCUT2D eigenvalue weighted by atomic mass is 9.97. The number of hydrogen-bond donors (Lipinski definition) is 2. The van der Waals surface area contributed by atoms with Gasteiger partial charge in [0.15, 0.2) is 5.96 Å². The quantitative estimate of drug-likeness (QED) is 0.542. The Hall–Kier alpha value is -2.00. The van der Waals surface area contributed by atoms with Crippen molar-refractivity contribution in [3.8, 4) is 0 Å². The third-order valence-electron chi connectivity index (χ3n) is 5.19. The van der Waals surface area contributed by atoms with Crippen LogP contribution in [0.3, 0.4) is 0 Å². The highest BCUT2D eigenvalue weighted by atomic mass is 32.1. The Morgan fingerprint density at radius 3 is 2.79 bits per heavy atom. The summed E-state index contributed by atoms with van der Waals surface area (Å²) in [6, 6.07) is 4.52. The minimum absolute atomic E-state index is 0.182. The van der Waals surface area contributed by atoms with Gasteiger partial charge < -0.3 is 10.6 Å². The average molecular weight is 411 g/mol. The summed E-state index contributed by atoms with van der Waals surface area (Å²) in [7, 11) is 1.68. The molecular formula is C19H28F2N6S. The van der Waals surface area contributed by atoms with Crippen molar-refractivity contribution in [2.75, 3.05) is 26.7 Å². The number of piperidine rings is 1. The van der Waals surface area contributed by atoms with Crippen LogP contribution in [-0.4, -0.2) is 47.1 Å². The second-order valence-electron chi connectivity index (χ2n) is 7.08. The SMILES string of the molecule is CN=C(NCc1nccn1C(F)F)NCC(c1cccs1)N1CCC(C)CC1. The summed E-state index contributed by atoms with van der Waals surface area (Å²) in [4.78, 5) is 12.1. The zero-order valence-electron chi connectivity index (χ0n) is 16.3. The van der Waals surface area contributed by atoms with E-state index in [9.17, 15) is 8.78 Å². The second kappa shape index (κ2) is 9.97. The molecule has 1 saturated heterocycles. The van der Waals surface area contributed by atoms with Gasteiger partial charge in [-0.25, -0.2) is 4.98 Å². The van der Waals surface area contributed by atoms with Crippen LogP contribution in [0.15, 0.2) is 34.9 Å². The van der Waals surface area contributed by atoms with E-state index in [0.29, 0.717) is 12.5 Å². The number of guanidine groups is 1. The summed E-state index contributed by atoms with van der Waals surface area (Å²) in [6.07, 6.45) is 5.09. The van der Waals surface area contributed by atoms with Crippen molar-refractivity contribution in [2.45, 2.75) is 38.9 Å². The number of aromatic nitrogens is 2. The number of rotatable bonds is 7. The van der Waals surface area contributed by atoms with Gasteiger partial charge in [0.1, 0.15) is 5.82 Å². The molecule has 0 aliphatic carbocycles. The molecule has 1 aliphatic rings. The van der Waals surface area contributed by atoms with E-state index >= 15 is 0 Å². The molecule has 2 aromatic heterocycles. The van der Waals surface area contributed by atoms with Gasteiger partial charge in [0, 0.05) is 30.9 Å². The van der Waals surface area contributed by atoms with E-state index in [0.717, 1.165) is 23.6 Å². The summed E-state index contributed by atoms with van der Waals surface area (Å²) in [5.74, 6) is 1.63. The normalized spacial score (nSPS) is 17.8. The Morgan fingerprint density at radius 1 is 1.36 bits per heavy atom. The first-order chi connectivity index (χ1) is 13.6. The molecule has 0 spiro atoms. The number of nitrogens with zero attached hydrogens (tertiary/aromatic N) is 4. The molecule has 1 atom stereocenters. The Labute approximate surface area is 168 Å². The molecule has 2 aromatic rings. The maximum atomic E-state index is 13.0. The predicted octanol–water partition coefficient (Wildman–Crippen LogP) is 3.48. The number of imidazole rings is 1. The second-order valence-corrected chi connectivity index (χ2v) is 8.06. The summed E-state index contributed by atoms with van der Waals surface area (Å²) in [5, 5.41) is 8.54. The van der Waals surface area contributed by atoms with E-state index < -0.39 is 6.55 Å². The van der Waals surface area contributed by atoms with Crippen LogP contribution in [0.1, 0.15) is 43.1 Å². The fraction of sp³-hybridized carbons (Fsp3) is 0.579. The number of thiophene rings is 1. The Morgan fingerprint density at radius 2 is 2.14 bits per heavy atom. The van der Waals surface area contributed by atoms with Crippen molar-refractivity contribution in [3.63, 3.8) is 0 Å². The molecule has 1 unspecified atom stereocenters. The molecule has 0 saturated carbocycles. The van der Waals surface area contributed by atoms with Crippen LogP contribution in [0.25, 0.3) is 0 Å². The molecule has 0 aromatic carbocycles. The largest absolute Gasteiger partial charge is 0.354 e. The van der Waals surface area contributed by atoms with E-state index in [2.05, 4.69) is 49.9 Å². The molecule has 28 heavy (non-hydrogen) atoms. The maximum absolute atomic E-state index is 13.0. The van der Waals surface area contributed by atoms with Gasteiger partial charge >= 0.3 is 6.55 Å². The van der Waals surface area contributed by atoms with Crippen LogP contribution in [-0.2, 0) is 6.54 Å². The lowest BCUT2D eigenvalue weighted by Crippen LogP contribution is -2.45. The lowest BCUT2D eigenvalue weighted by Gasteiger charge is -2.36. The maximum Gasteiger partial charge on any atom is 0.319 e. The zero-order chi connectivity index (χ0) is 19.9. The van der Waals surface area contributed by atoms with Crippen LogP contribution in [0, 0.1) is 5.92 Å². The monoisotopic (exact) mass is 410 g/mol. The highest BCUT2D eigenvalue weighted by molar-refractivity contribution is 7.10. The van der Waals surface area contributed by atoms with Crippen molar-refractivity contribution < 1.29 is 8.78 Å². The minimum atomic E-state index is -2.60. The molecule has 1 aliphatic heterocycles. The van der Waals surface area contributed by atoms with Crippen molar-refractivity contribution in [1.29, 1.82) is 0 Å². The van der Waals surface area contributed by atoms with Crippen LogP contribution < -0.4 is 10.6 Å². The first kappa shape index (κ1) is 20.7. The van der Waals surface area contributed by atoms with E-state index in [-0.39, 0.29) is 18.4 Å². The number of likely N-dealkylation sites (tertiary alicyclic amines) is 1. The Balaban J connectivity index is 1.59. The molecule has 3 rings (SSSR count). The van der Waals surface area contributed by atoms with Gasteiger partial charge in [0.25, 0.3) is 0 Å². The molecule has 0 radical (unpaired) electrons. The first-order valence-corrected chi connectivity index (χ1v) is 10.5. The van der Waals surface area contributed by atoms with Crippen LogP contribution >= 0.6 is 11.3 Å². The predicted molar refractivity (Wildman–Crippen MR) is 109 cm³/mol. The zero-order valence-corrected chi connectivity index (χ0v) is 17.1. The summed E-state index contributed by atoms with van der Waals surface area (Å²) in [6.45, 7) is 2.77. The molecule has 2 N–H and O–H groups in total. The number of alkyl halides is 2. The summed E-state index contributed by atoms with van der Waals surface area (Å²) >= 11 is 1.76. The van der Waals surface area contributed by atoms with Gasteiger partial charge in [-0.05, 0) is 43.3 Å². The van der Waals surface area contributed by atoms with E-state index in [1.807, 2.05) is 0 Å². The number of aliphatic imine (C=N–C) groups is 1. The van der Waals surface area contributed by atoms with Crippen LogP contribution in [0.4, 0.5) is 8.78 Å². The van der Waals surface area contributed by atoms with Crippen LogP contribution in [0.2, 0.25) is 0 Å². The molecule has 0 bridgehead atoms. The third-order valence-corrected chi connectivity index (χ3v) is 6.16. The standard InChI is InChI=1S/C19H28F2N6S/c1-14-5-8-26(9-6-14)15(16-4-3-11-28-16)12-24-19(22-2)25-13-17-23-7-10-27(17)18(20)21/h3-4,7,10-11,14-15,18H,5-6,8-9,12-13H2,1-2H3,(H2,22,24,25). The first-order valence-electron chi connectivity index (χ1n) is 9.60. The van der Waals surface area contributed by atoms with Gasteiger partial charge in [0.05, 0.1) is 12.6 Å². The number of halogens is 2. The summed E-state index contributed by atoms with van der Waals surface area (Å²) in [5.41, 5.74) is 0. The molecule has 9 heteroatoms. The van der Waals surface area contributed by atoms with Gasteiger partial charge in [0.2, 0.25) is 0 Å². The molecular weight excluding hydrogens is 382 g/mol. The molecule has 0 amide bonds. The van der Waals surface area contributed by atoms with Crippen molar-refractivity contribution >= 4 is 17.3 Å². The Kier molecular flexibility index (Phi) is 7.38. The fourth-order valence-corrected chi connectivity index (χ4v) is 4.33. The molecule has 154 valence electrons. The van der Waals surface area contributed by atoms with Crippen molar-refractivity contribution in [1.82, 2.24) is 25.1 Å². The van der Waals surface area contributed by atoms with Gasteiger partial charge in [-0.1, -0.05) is 13.0 Å². The molecule has 1 fully saturated rings. The Bertz CT molecular complexity index is 737. The number of hydrogen-bond acceptors (Lipinski definition) is 4. The topological polar surface area (TPSA) is 57.5 Å². The van der Waals surface area contributed by atoms with Crippen LogP contribution in [0.5, 0.6) is 0 Å². The van der Waals surface area contributed by atoms with E-state index in [1.54, 1.807) is 18.4 Å². The highest BCUT2D eigenvalue weighted by Gasteiger charge is 2.25. The highest BCUT2D eigenvalue weighted by Crippen LogP contribution is 2.29. The smallest absolute Gasteiger partial charge is 0.319 e. The van der Waals surface area contributed by atoms with Crippen molar-refractivity contribution in [3.05, 3.63) is 40.6 Å². The van der Waals surface area contributed by atoms with Crippen molar-refractivity contribution in [2.24, 2.45) is 10.9 Å². The fourth-order valence-electron chi connectivity index (χ4n) is 3.47. The molecule has 6 nitrogen and oxygen atoms in total. The summed E-state index contributed by atoms with van der Waals surface area (Å²) < 4.78 is 26.8. The van der Waals surface area contributed by atoms with E-state index in [4.69, 9.17) is 0 Å². The van der Waals surface area contributed by atoms with E-state index in [1.165, 1.54) is 30.1 Å². The molecule has 3 heterocycles. The average Bonchev–Trinajstić information content (AvgIpc) is 3.37. The third kappa shape index (κ3) is 5.29. The van der Waals surface area contributed by atoms with Gasteiger partial charge in [-0.3, -0.25) is 14.5 Å². The van der Waals surface area contributed by atoms with Gasteiger partial charge in [-0.2, -0.15) is 8.78 Å². The lowest BCUT2D eigenvalue weighted by molar-refractivity contribution is 0.0668.